The summed E-state index contributed by atoms with van der Waals surface area (Å²) < 4.78 is 5.84. The third-order valence-corrected chi connectivity index (χ3v) is 3.94. The molecule has 116 valence electrons. The van der Waals surface area contributed by atoms with Crippen LogP contribution in [0.4, 0.5) is 0 Å². The van der Waals surface area contributed by atoms with E-state index >= 15 is 0 Å². The number of benzene rings is 1. The molecule has 1 fully saturated rings. The summed E-state index contributed by atoms with van der Waals surface area (Å²) in [6.45, 7) is 6.07. The van der Waals surface area contributed by atoms with Gasteiger partial charge < -0.3 is 4.74 Å². The van der Waals surface area contributed by atoms with Gasteiger partial charge in [-0.2, -0.15) is 0 Å². The summed E-state index contributed by atoms with van der Waals surface area (Å²) in [5.74, 6) is 5.65. The summed E-state index contributed by atoms with van der Waals surface area (Å²) in [6.07, 6.45) is 1.11. The lowest BCUT2D eigenvalue weighted by Crippen LogP contribution is -2.41. The number of hydrazine groups is 2. The van der Waals surface area contributed by atoms with E-state index in [2.05, 4.69) is 23.2 Å². The first kappa shape index (κ1) is 15.8. The van der Waals surface area contributed by atoms with Gasteiger partial charge >= 0.3 is 0 Å². The van der Waals surface area contributed by atoms with Crippen LogP contribution >= 0.6 is 0 Å². The molecule has 0 bridgehead atoms. The quantitative estimate of drug-likeness (QED) is 0.369. The van der Waals surface area contributed by atoms with Crippen LogP contribution in [0.1, 0.15) is 38.8 Å². The Hall–Kier alpha value is -1.63. The fourth-order valence-corrected chi connectivity index (χ4v) is 2.55. The van der Waals surface area contributed by atoms with Crippen molar-refractivity contribution in [2.45, 2.75) is 45.4 Å². The SMILES string of the molecule is CCC(C)Oc1cccc(C2NNC(C)C2C(=O)NN)c1. The van der Waals surface area contributed by atoms with Crippen molar-refractivity contribution in [2.24, 2.45) is 11.8 Å². The standard InChI is InChI=1S/C15H24N4O2/c1-4-9(2)21-12-7-5-6-11(8-12)14-13(15(20)17-16)10(3)18-19-14/h5-10,13-14,18-19H,4,16H2,1-3H3,(H,17,20). The molecule has 6 heteroatoms. The van der Waals surface area contributed by atoms with Gasteiger partial charge in [0.25, 0.3) is 0 Å². The molecule has 1 saturated heterocycles. The molecule has 0 saturated carbocycles. The molecule has 1 aromatic rings. The maximum absolute atomic E-state index is 12.0. The first-order chi connectivity index (χ1) is 10.1. The Kier molecular flexibility index (Phi) is 5.17. The molecule has 0 aliphatic carbocycles. The summed E-state index contributed by atoms with van der Waals surface area (Å²) in [5.41, 5.74) is 9.50. The van der Waals surface area contributed by atoms with Gasteiger partial charge in [0.2, 0.25) is 5.91 Å². The number of hydrogen-bond donors (Lipinski definition) is 4. The maximum atomic E-state index is 12.0. The molecule has 4 atom stereocenters. The van der Waals surface area contributed by atoms with Crippen molar-refractivity contribution < 1.29 is 9.53 Å². The van der Waals surface area contributed by atoms with E-state index in [0.29, 0.717) is 0 Å². The zero-order valence-electron chi connectivity index (χ0n) is 12.7. The minimum absolute atomic E-state index is 0.00214. The van der Waals surface area contributed by atoms with Crippen LogP contribution in [0.2, 0.25) is 0 Å². The van der Waals surface area contributed by atoms with Gasteiger partial charge in [0.05, 0.1) is 18.1 Å². The average molecular weight is 292 g/mol. The van der Waals surface area contributed by atoms with Crippen molar-refractivity contribution in [1.29, 1.82) is 0 Å². The second-order valence-corrected chi connectivity index (χ2v) is 5.50. The van der Waals surface area contributed by atoms with Gasteiger partial charge in [0.1, 0.15) is 5.75 Å². The fraction of sp³-hybridized carbons (Fsp3) is 0.533. The van der Waals surface area contributed by atoms with Crippen LogP contribution in [0.5, 0.6) is 5.75 Å². The van der Waals surface area contributed by atoms with Gasteiger partial charge in [0, 0.05) is 6.04 Å². The smallest absolute Gasteiger partial charge is 0.240 e. The molecule has 21 heavy (non-hydrogen) atoms. The predicted molar refractivity (Wildman–Crippen MR) is 81.1 cm³/mol. The van der Waals surface area contributed by atoms with Crippen LogP contribution in [-0.2, 0) is 4.79 Å². The van der Waals surface area contributed by atoms with Gasteiger partial charge in [-0.1, -0.05) is 19.1 Å². The van der Waals surface area contributed by atoms with Crippen LogP contribution in [-0.4, -0.2) is 18.1 Å². The van der Waals surface area contributed by atoms with Crippen molar-refractivity contribution in [3.8, 4) is 5.75 Å². The van der Waals surface area contributed by atoms with Crippen molar-refractivity contribution in [1.82, 2.24) is 16.3 Å². The number of carbonyl (C=O) groups is 1. The van der Waals surface area contributed by atoms with E-state index < -0.39 is 0 Å². The third-order valence-electron chi connectivity index (χ3n) is 3.94. The van der Waals surface area contributed by atoms with E-state index in [-0.39, 0.29) is 30.0 Å². The summed E-state index contributed by atoms with van der Waals surface area (Å²) in [6, 6.07) is 7.69. The van der Waals surface area contributed by atoms with Crippen LogP contribution in [0.15, 0.2) is 24.3 Å². The predicted octanol–water partition coefficient (Wildman–Crippen LogP) is 1.01. The Labute approximate surface area is 125 Å². The van der Waals surface area contributed by atoms with Crippen LogP contribution < -0.4 is 26.9 Å². The van der Waals surface area contributed by atoms with Crippen molar-refractivity contribution in [3.05, 3.63) is 29.8 Å². The highest BCUT2D eigenvalue weighted by molar-refractivity contribution is 5.80. The second-order valence-electron chi connectivity index (χ2n) is 5.50. The molecule has 1 aliphatic rings. The minimum atomic E-state index is -0.270. The first-order valence-electron chi connectivity index (χ1n) is 7.35. The van der Waals surface area contributed by atoms with E-state index in [9.17, 15) is 4.79 Å². The molecular weight excluding hydrogens is 268 g/mol. The van der Waals surface area contributed by atoms with E-state index in [1.165, 1.54) is 0 Å². The molecule has 4 unspecified atom stereocenters. The van der Waals surface area contributed by atoms with Gasteiger partial charge in [-0.25, -0.2) is 11.3 Å². The topological polar surface area (TPSA) is 88.4 Å². The maximum Gasteiger partial charge on any atom is 0.240 e. The molecule has 5 N–H and O–H groups in total. The molecule has 0 spiro atoms. The summed E-state index contributed by atoms with van der Waals surface area (Å²) in [7, 11) is 0. The number of carbonyl (C=O) groups excluding carboxylic acids is 1. The number of nitrogens with one attached hydrogen (secondary N) is 3. The number of hydrogen-bond acceptors (Lipinski definition) is 5. The molecule has 6 nitrogen and oxygen atoms in total. The Morgan fingerprint density at radius 1 is 1.48 bits per heavy atom. The molecular formula is C15H24N4O2. The Bertz CT molecular complexity index is 494. The summed E-state index contributed by atoms with van der Waals surface area (Å²) >= 11 is 0. The lowest BCUT2D eigenvalue weighted by molar-refractivity contribution is -0.125. The molecule has 0 radical (unpaired) electrons. The van der Waals surface area contributed by atoms with Crippen LogP contribution in [0.25, 0.3) is 0 Å². The minimum Gasteiger partial charge on any atom is -0.491 e. The average Bonchev–Trinajstić information content (AvgIpc) is 2.88. The lowest BCUT2D eigenvalue weighted by atomic mass is 9.89. The molecule has 2 rings (SSSR count). The Balaban J connectivity index is 2.20. The van der Waals surface area contributed by atoms with Gasteiger partial charge in [0.15, 0.2) is 0 Å². The number of amides is 1. The Morgan fingerprint density at radius 3 is 2.90 bits per heavy atom. The fourth-order valence-electron chi connectivity index (χ4n) is 2.55. The number of nitrogens with two attached hydrogens (primary N) is 1. The normalized spacial score (nSPS) is 26.4. The van der Waals surface area contributed by atoms with Gasteiger partial charge in [-0.3, -0.25) is 15.6 Å². The molecule has 1 amide bonds. The highest BCUT2D eigenvalue weighted by Crippen LogP contribution is 2.30. The highest BCUT2D eigenvalue weighted by Gasteiger charge is 2.39. The highest BCUT2D eigenvalue weighted by atomic mass is 16.5. The first-order valence-corrected chi connectivity index (χ1v) is 7.35. The number of ether oxygens (including phenoxy) is 1. The van der Waals surface area contributed by atoms with E-state index in [1.54, 1.807) is 0 Å². The van der Waals surface area contributed by atoms with Gasteiger partial charge in [-0.15, -0.1) is 0 Å². The third kappa shape index (κ3) is 3.53. The number of rotatable bonds is 5. The molecule has 1 aliphatic heterocycles. The van der Waals surface area contributed by atoms with Crippen LogP contribution in [0.3, 0.4) is 0 Å². The Morgan fingerprint density at radius 2 is 2.24 bits per heavy atom. The monoisotopic (exact) mass is 292 g/mol. The molecule has 1 aromatic carbocycles. The zero-order chi connectivity index (χ0) is 15.4. The lowest BCUT2D eigenvalue weighted by Gasteiger charge is -2.20. The second kappa shape index (κ2) is 6.89. The summed E-state index contributed by atoms with van der Waals surface area (Å²) in [4.78, 5) is 12.0. The van der Waals surface area contributed by atoms with E-state index in [1.807, 2.05) is 38.1 Å². The van der Waals surface area contributed by atoms with Crippen LogP contribution in [0, 0.1) is 5.92 Å². The zero-order valence-corrected chi connectivity index (χ0v) is 12.7. The van der Waals surface area contributed by atoms with Crippen molar-refractivity contribution in [2.75, 3.05) is 0 Å². The largest absolute Gasteiger partial charge is 0.491 e. The molecule has 1 heterocycles. The molecule has 0 aromatic heterocycles. The van der Waals surface area contributed by atoms with Crippen molar-refractivity contribution >= 4 is 5.91 Å². The van der Waals surface area contributed by atoms with E-state index in [4.69, 9.17) is 10.6 Å². The van der Waals surface area contributed by atoms with E-state index in [0.717, 1.165) is 17.7 Å². The van der Waals surface area contributed by atoms with Gasteiger partial charge in [-0.05, 0) is 38.0 Å². The van der Waals surface area contributed by atoms with Crippen molar-refractivity contribution in [3.63, 3.8) is 0 Å². The summed E-state index contributed by atoms with van der Waals surface area (Å²) in [5, 5.41) is 0.